The Labute approximate surface area is 207 Å². The quantitative estimate of drug-likeness (QED) is 0.210. The summed E-state index contributed by atoms with van der Waals surface area (Å²) in [5.41, 5.74) is 9.53. The van der Waals surface area contributed by atoms with Crippen molar-refractivity contribution in [2.45, 2.75) is 57.7 Å². The van der Waals surface area contributed by atoms with Gasteiger partial charge in [0.1, 0.15) is 35.5 Å². The van der Waals surface area contributed by atoms with Crippen LogP contribution in [0.2, 0.25) is 0 Å². The molecule has 0 spiro atoms. The number of carbonyl (C=O) groups is 1. The molecule has 1 saturated heterocycles. The van der Waals surface area contributed by atoms with Crippen LogP contribution in [0.4, 0.5) is 5.82 Å². The Bertz CT molecular complexity index is 1220. The number of nitrogens with one attached hydrogen (secondary N) is 1. The van der Waals surface area contributed by atoms with Crippen molar-refractivity contribution in [3.05, 3.63) is 65.1 Å². The molecule has 1 fully saturated rings. The Morgan fingerprint density at radius 3 is 2.58 bits per heavy atom. The molecule has 196 valence electrons. The van der Waals surface area contributed by atoms with Crippen molar-refractivity contribution in [3.8, 4) is 5.75 Å². The Kier molecular flexibility index (Phi) is 8.09. The monoisotopic (exact) mass is 523 g/mol. The third-order valence-corrected chi connectivity index (χ3v) is 6.61. The normalized spacial score (nSPS) is 25.1. The van der Waals surface area contributed by atoms with Gasteiger partial charge in [0.25, 0.3) is 0 Å². The van der Waals surface area contributed by atoms with E-state index in [1.54, 1.807) is 32.0 Å². The number of nitrogens with zero attached hydrogens (tertiary/aromatic N) is 2. The number of rotatable bonds is 9. The van der Waals surface area contributed by atoms with Gasteiger partial charge in [-0.15, -0.1) is 0 Å². The van der Waals surface area contributed by atoms with E-state index in [4.69, 9.17) is 30.0 Å². The van der Waals surface area contributed by atoms with Crippen LogP contribution in [0.15, 0.2) is 59.4 Å². The zero-order chi connectivity index (χ0) is 26.7. The summed E-state index contributed by atoms with van der Waals surface area (Å²) in [7, 11) is -4.28. The van der Waals surface area contributed by atoms with Crippen molar-refractivity contribution in [1.82, 2.24) is 14.6 Å². The largest absolute Gasteiger partial charge is 0.513 e. The van der Waals surface area contributed by atoms with E-state index in [1.165, 1.54) is 38.2 Å². The number of anilines is 1. The maximum absolute atomic E-state index is 13.6. The molecule has 0 saturated carbocycles. The smallest absolute Gasteiger partial charge is 0.466 e. The molecule has 1 aromatic carbocycles. The minimum atomic E-state index is -4.28. The molecule has 1 aliphatic heterocycles. The molecule has 6 N–H and O–H groups in total. The molecule has 0 radical (unpaired) electrons. The van der Waals surface area contributed by atoms with Crippen LogP contribution in [0.25, 0.3) is 0 Å². The molecule has 5 unspecified atom stereocenters. The molecule has 0 amide bonds. The van der Waals surface area contributed by atoms with E-state index < -0.39 is 49.4 Å². The summed E-state index contributed by atoms with van der Waals surface area (Å²) < 4.78 is 36.5. The number of carbonyl (C=O) groups excluding carboxylic acids is 1. The molecule has 2 aromatic rings. The highest BCUT2D eigenvalue weighted by Crippen LogP contribution is 2.47. The summed E-state index contributed by atoms with van der Waals surface area (Å²) in [6.07, 6.45) is -0.871. The number of ether oxygens (including phenoxy) is 2. The van der Waals surface area contributed by atoms with Gasteiger partial charge in [-0.25, -0.2) is 9.36 Å². The van der Waals surface area contributed by atoms with E-state index in [2.05, 4.69) is 10.1 Å². The van der Waals surface area contributed by atoms with Crippen molar-refractivity contribution in [2.75, 3.05) is 5.73 Å². The van der Waals surface area contributed by atoms with Crippen molar-refractivity contribution >= 4 is 19.5 Å². The van der Waals surface area contributed by atoms with Gasteiger partial charge in [-0.2, -0.15) is 10.1 Å². The number of nitrogen functional groups attached to an aromatic ring is 1. The number of aliphatic hydroxyl groups is 1. The van der Waals surface area contributed by atoms with Gasteiger partial charge in [0.05, 0.1) is 6.10 Å². The van der Waals surface area contributed by atoms with Gasteiger partial charge in [-0.3, -0.25) is 9.36 Å². The molecule has 2 heterocycles. The van der Waals surface area contributed by atoms with E-state index in [0.29, 0.717) is 0 Å². The lowest BCUT2D eigenvalue weighted by Gasteiger charge is -2.27. The van der Waals surface area contributed by atoms with Crippen LogP contribution in [0.1, 0.15) is 33.9 Å². The van der Waals surface area contributed by atoms with Gasteiger partial charge >= 0.3 is 19.4 Å². The van der Waals surface area contributed by atoms with Crippen LogP contribution in [0.5, 0.6) is 5.75 Å². The molecule has 3 rings (SSSR count). The standard InChI is InChI=1S/C22H30N5O8P/c1-13(2)33-19(29)14(3)26-36(31,35-15-8-6-5-7-9-15)32-12-16-18(28)22(4,24)20(34-16)27-11-10-17(23)25-21(27)30/h5-14,18,20,28H,24H2,1-4H3,(H,26,31)(H2,23,25,30). The lowest BCUT2D eigenvalue weighted by Crippen LogP contribution is -2.51. The second-order valence-electron chi connectivity index (χ2n) is 8.64. The second-order valence-corrected chi connectivity index (χ2v) is 10.3. The minimum Gasteiger partial charge on any atom is -0.466 e. The van der Waals surface area contributed by atoms with E-state index in [-0.39, 0.29) is 17.3 Å². The molecule has 0 aliphatic carbocycles. The first kappa shape index (κ1) is 27.2. The van der Waals surface area contributed by atoms with Crippen LogP contribution in [0.3, 0.4) is 0 Å². The number of aromatic nitrogens is 2. The van der Waals surface area contributed by atoms with Crippen molar-refractivity contribution in [2.24, 2.45) is 5.73 Å². The summed E-state index contributed by atoms with van der Waals surface area (Å²) in [4.78, 5) is 28.2. The van der Waals surface area contributed by atoms with Crippen LogP contribution in [0, 0.1) is 0 Å². The summed E-state index contributed by atoms with van der Waals surface area (Å²) in [5.74, 6) is -0.724. The highest BCUT2D eigenvalue weighted by atomic mass is 31.2. The average Bonchev–Trinajstić information content (AvgIpc) is 3.01. The van der Waals surface area contributed by atoms with Crippen LogP contribution < -0.4 is 26.8 Å². The fourth-order valence-electron chi connectivity index (χ4n) is 3.26. The van der Waals surface area contributed by atoms with Crippen molar-refractivity contribution < 1.29 is 33.0 Å². The molecule has 36 heavy (non-hydrogen) atoms. The number of benzene rings is 1. The highest BCUT2D eigenvalue weighted by molar-refractivity contribution is 7.52. The molecule has 13 nitrogen and oxygen atoms in total. The highest BCUT2D eigenvalue weighted by Gasteiger charge is 2.51. The first-order valence-corrected chi connectivity index (χ1v) is 12.6. The molecule has 5 atom stereocenters. The van der Waals surface area contributed by atoms with Crippen LogP contribution >= 0.6 is 7.75 Å². The number of esters is 1. The van der Waals surface area contributed by atoms with Gasteiger partial charge in [0, 0.05) is 6.20 Å². The first-order valence-electron chi connectivity index (χ1n) is 11.0. The zero-order valence-corrected chi connectivity index (χ0v) is 21.1. The summed E-state index contributed by atoms with van der Waals surface area (Å²) in [6, 6.07) is 8.40. The fourth-order valence-corrected chi connectivity index (χ4v) is 4.64. The lowest BCUT2D eigenvalue weighted by molar-refractivity contribution is -0.149. The summed E-state index contributed by atoms with van der Waals surface area (Å²) >= 11 is 0. The number of hydrogen-bond acceptors (Lipinski definition) is 11. The van der Waals surface area contributed by atoms with Gasteiger partial charge in [0.15, 0.2) is 12.0 Å². The van der Waals surface area contributed by atoms with E-state index >= 15 is 0 Å². The third kappa shape index (κ3) is 6.24. The first-order chi connectivity index (χ1) is 16.8. The maximum atomic E-state index is 13.6. The van der Waals surface area contributed by atoms with Crippen molar-refractivity contribution in [3.63, 3.8) is 0 Å². The van der Waals surface area contributed by atoms with E-state index in [1.807, 2.05) is 0 Å². The van der Waals surface area contributed by atoms with Gasteiger partial charge in [-0.1, -0.05) is 18.2 Å². The van der Waals surface area contributed by atoms with E-state index in [0.717, 1.165) is 10.8 Å². The van der Waals surface area contributed by atoms with E-state index in [9.17, 15) is 19.3 Å². The Hall–Kier alpha value is -3.38. The minimum absolute atomic E-state index is 0.00260. The van der Waals surface area contributed by atoms with Gasteiger partial charge in [-0.05, 0) is 45.9 Å². The summed E-state index contributed by atoms with van der Waals surface area (Å²) in [6.45, 7) is 6.23. The predicted octanol–water partition coefficient (Wildman–Crippen LogP) is 1.41. The lowest BCUT2D eigenvalue weighted by atomic mass is 9.95. The zero-order valence-electron chi connectivity index (χ0n) is 20.2. The van der Waals surface area contributed by atoms with Gasteiger partial charge < -0.3 is 35.1 Å². The topological polar surface area (TPSA) is 190 Å². The third-order valence-electron chi connectivity index (χ3n) is 5.08. The number of nitrogens with two attached hydrogens (primary N) is 2. The Morgan fingerprint density at radius 2 is 1.97 bits per heavy atom. The Morgan fingerprint density at radius 1 is 1.31 bits per heavy atom. The molecular formula is C22H30N5O8P. The fraction of sp³-hybridized carbons (Fsp3) is 0.409. The maximum Gasteiger partial charge on any atom is 0.513 e. The molecule has 1 aromatic heterocycles. The van der Waals surface area contributed by atoms with Crippen LogP contribution in [-0.2, 0) is 23.4 Å². The number of aliphatic hydroxyl groups excluding tert-OH is 1. The SMILES string of the molecule is CC(C)OC(=O)C(C)NP(=O)(OC=C1OC(n2ccc(N)nc2=O)C(C)(N)C1O)Oc1ccccc1. The molecule has 14 heteroatoms. The predicted molar refractivity (Wildman–Crippen MR) is 129 cm³/mol. The molecular weight excluding hydrogens is 493 g/mol. The van der Waals surface area contributed by atoms with Gasteiger partial charge in [0.2, 0.25) is 0 Å². The number of hydrogen-bond donors (Lipinski definition) is 4. The van der Waals surface area contributed by atoms with Crippen molar-refractivity contribution in [1.29, 1.82) is 0 Å². The molecule has 0 bridgehead atoms. The molecule has 1 aliphatic rings. The number of para-hydroxylation sites is 1. The van der Waals surface area contributed by atoms with Crippen LogP contribution in [-0.4, -0.2) is 44.4 Å². The summed E-state index contributed by atoms with van der Waals surface area (Å²) in [5, 5.41) is 13.3. The second kappa shape index (κ2) is 10.7. The Balaban J connectivity index is 1.88. The average molecular weight is 523 g/mol.